The van der Waals surface area contributed by atoms with Crippen LogP contribution in [-0.2, 0) is 18.8 Å². The molecule has 0 amide bonds. The molecular formula is C20H32BNO4. The fourth-order valence-electron chi connectivity index (χ4n) is 4.10. The van der Waals surface area contributed by atoms with Crippen LogP contribution in [0.25, 0.3) is 0 Å². The largest absolute Gasteiger partial charge is 0.491 e. The molecule has 0 bridgehead atoms. The van der Waals surface area contributed by atoms with Gasteiger partial charge in [0.2, 0.25) is 0 Å². The summed E-state index contributed by atoms with van der Waals surface area (Å²) in [6.45, 7) is 8.25. The summed E-state index contributed by atoms with van der Waals surface area (Å²) >= 11 is 0. The number of aliphatic imine (C=N–C) groups is 1. The molecule has 6 heteroatoms. The number of rotatable bonds is 2. The molecule has 0 spiro atoms. The van der Waals surface area contributed by atoms with Crippen molar-refractivity contribution < 1.29 is 18.8 Å². The third-order valence-corrected chi connectivity index (χ3v) is 6.44. The van der Waals surface area contributed by atoms with Gasteiger partial charge in [0.05, 0.1) is 24.4 Å². The van der Waals surface area contributed by atoms with E-state index in [2.05, 4.69) is 27.7 Å². The molecule has 5 nitrogen and oxygen atoms in total. The third-order valence-electron chi connectivity index (χ3n) is 6.44. The lowest BCUT2D eigenvalue weighted by Gasteiger charge is -2.32. The molecule has 0 N–H and O–H groups in total. The summed E-state index contributed by atoms with van der Waals surface area (Å²) in [5.41, 5.74) is 0.669. The molecule has 0 radical (unpaired) electrons. The molecule has 1 aliphatic carbocycles. The highest BCUT2D eigenvalue weighted by Crippen LogP contribution is 2.43. The van der Waals surface area contributed by atoms with Gasteiger partial charge in [0.1, 0.15) is 5.71 Å². The number of dihydropyridines is 1. The molecule has 0 aromatic carbocycles. The van der Waals surface area contributed by atoms with E-state index in [-0.39, 0.29) is 17.9 Å². The number of ether oxygens (including phenoxy) is 1. The minimum Gasteiger partial charge on any atom is -0.464 e. The van der Waals surface area contributed by atoms with Crippen LogP contribution in [-0.4, -0.2) is 43.2 Å². The SMILES string of the molecule is COC(=O)C1=NC2CCCCCCCC2C(B2OC(C)(C)C(C)(C)O2)=C1. The molecular weight excluding hydrogens is 329 g/mol. The number of nitrogens with zero attached hydrogens (tertiary/aromatic N) is 1. The first-order chi connectivity index (χ1) is 12.2. The Balaban J connectivity index is 1.94. The minimum absolute atomic E-state index is 0.112. The molecule has 144 valence electrons. The van der Waals surface area contributed by atoms with Gasteiger partial charge < -0.3 is 14.0 Å². The van der Waals surface area contributed by atoms with E-state index in [1.165, 1.54) is 32.8 Å². The van der Waals surface area contributed by atoms with Crippen molar-refractivity contribution in [3.8, 4) is 0 Å². The molecule has 1 saturated heterocycles. The van der Waals surface area contributed by atoms with Crippen LogP contribution in [0.2, 0.25) is 0 Å². The number of carbonyl (C=O) groups is 1. The predicted octanol–water partition coefficient (Wildman–Crippen LogP) is 3.90. The van der Waals surface area contributed by atoms with Gasteiger partial charge in [0.25, 0.3) is 0 Å². The molecule has 0 aromatic rings. The van der Waals surface area contributed by atoms with Crippen molar-refractivity contribution in [2.24, 2.45) is 10.9 Å². The van der Waals surface area contributed by atoms with E-state index in [4.69, 9.17) is 19.0 Å². The van der Waals surface area contributed by atoms with Crippen molar-refractivity contribution >= 4 is 18.8 Å². The van der Waals surface area contributed by atoms with E-state index in [1.807, 2.05) is 6.08 Å². The summed E-state index contributed by atoms with van der Waals surface area (Å²) in [5, 5.41) is 0. The predicted molar refractivity (Wildman–Crippen MR) is 103 cm³/mol. The average Bonchev–Trinajstić information content (AvgIpc) is 2.87. The number of hydrogen-bond acceptors (Lipinski definition) is 5. The fourth-order valence-corrected chi connectivity index (χ4v) is 4.10. The van der Waals surface area contributed by atoms with E-state index in [0.717, 1.165) is 24.7 Å². The van der Waals surface area contributed by atoms with Crippen molar-refractivity contribution in [3.63, 3.8) is 0 Å². The molecule has 2 unspecified atom stereocenters. The molecule has 0 aromatic heterocycles. The second-order valence-corrected chi connectivity index (χ2v) is 8.76. The molecule has 3 aliphatic rings. The normalized spacial score (nSPS) is 31.0. The third kappa shape index (κ3) is 3.77. The molecule has 2 fully saturated rings. The summed E-state index contributed by atoms with van der Waals surface area (Å²) in [7, 11) is 0.978. The van der Waals surface area contributed by atoms with Gasteiger partial charge >= 0.3 is 13.1 Å². The average molecular weight is 361 g/mol. The topological polar surface area (TPSA) is 57.1 Å². The van der Waals surface area contributed by atoms with Crippen molar-refractivity contribution in [2.75, 3.05) is 7.11 Å². The number of methoxy groups -OCH3 is 1. The van der Waals surface area contributed by atoms with Crippen LogP contribution in [0.3, 0.4) is 0 Å². The van der Waals surface area contributed by atoms with Crippen LogP contribution in [0.4, 0.5) is 0 Å². The van der Waals surface area contributed by atoms with Gasteiger partial charge in [-0.3, -0.25) is 4.99 Å². The van der Waals surface area contributed by atoms with Gasteiger partial charge in [-0.05, 0) is 58.0 Å². The second-order valence-electron chi connectivity index (χ2n) is 8.76. The summed E-state index contributed by atoms with van der Waals surface area (Å²) in [4.78, 5) is 17.0. The summed E-state index contributed by atoms with van der Waals surface area (Å²) < 4.78 is 17.6. The Labute approximate surface area is 157 Å². The zero-order valence-electron chi connectivity index (χ0n) is 16.8. The minimum atomic E-state index is -0.427. The van der Waals surface area contributed by atoms with Crippen LogP contribution in [0.1, 0.15) is 72.6 Å². The lowest BCUT2D eigenvalue weighted by molar-refractivity contribution is -0.132. The Hall–Kier alpha value is -1.14. The van der Waals surface area contributed by atoms with Crippen LogP contribution < -0.4 is 0 Å². The number of esters is 1. The maximum atomic E-state index is 12.2. The van der Waals surface area contributed by atoms with Gasteiger partial charge in [-0.15, -0.1) is 0 Å². The van der Waals surface area contributed by atoms with E-state index in [0.29, 0.717) is 5.71 Å². The highest BCUT2D eigenvalue weighted by atomic mass is 16.7. The highest BCUT2D eigenvalue weighted by molar-refractivity contribution is 6.57. The lowest BCUT2D eigenvalue weighted by Crippen LogP contribution is -2.41. The molecule has 2 aliphatic heterocycles. The van der Waals surface area contributed by atoms with Crippen LogP contribution in [0.15, 0.2) is 16.5 Å². The first-order valence-electron chi connectivity index (χ1n) is 9.98. The summed E-state index contributed by atoms with van der Waals surface area (Å²) in [6.07, 6.45) is 10.0. The molecule has 3 rings (SSSR count). The Morgan fingerprint density at radius 2 is 1.65 bits per heavy atom. The molecule has 1 saturated carbocycles. The zero-order valence-corrected chi connectivity index (χ0v) is 16.8. The van der Waals surface area contributed by atoms with Crippen molar-refractivity contribution in [1.29, 1.82) is 0 Å². The van der Waals surface area contributed by atoms with Gasteiger partial charge in [-0.1, -0.05) is 32.1 Å². The van der Waals surface area contributed by atoms with E-state index in [1.54, 1.807) is 0 Å². The van der Waals surface area contributed by atoms with E-state index < -0.39 is 18.3 Å². The summed E-state index contributed by atoms with van der Waals surface area (Å²) in [6, 6.07) is 0.112. The van der Waals surface area contributed by atoms with Gasteiger partial charge in [0.15, 0.2) is 0 Å². The van der Waals surface area contributed by atoms with Crippen molar-refractivity contribution in [3.05, 3.63) is 11.5 Å². The van der Waals surface area contributed by atoms with E-state index >= 15 is 0 Å². The Bertz CT molecular complexity index is 595. The van der Waals surface area contributed by atoms with Crippen molar-refractivity contribution in [2.45, 2.75) is 89.9 Å². The first kappa shape index (κ1) is 19.6. The molecule has 2 heterocycles. The maximum absolute atomic E-state index is 12.2. The fraction of sp³-hybridized carbons (Fsp3) is 0.800. The van der Waals surface area contributed by atoms with Gasteiger partial charge in [-0.25, -0.2) is 4.79 Å². The summed E-state index contributed by atoms with van der Waals surface area (Å²) in [5.74, 6) is -0.103. The number of fused-ring (bicyclic) bond motifs is 1. The lowest BCUT2D eigenvalue weighted by atomic mass is 9.65. The smallest absolute Gasteiger partial charge is 0.464 e. The maximum Gasteiger partial charge on any atom is 0.491 e. The molecule has 2 atom stereocenters. The highest BCUT2D eigenvalue weighted by Gasteiger charge is 2.54. The number of hydrogen-bond donors (Lipinski definition) is 0. The second kappa shape index (κ2) is 7.47. The number of carbonyl (C=O) groups excluding carboxylic acids is 1. The molecule has 26 heavy (non-hydrogen) atoms. The first-order valence-corrected chi connectivity index (χ1v) is 9.98. The van der Waals surface area contributed by atoms with Crippen LogP contribution in [0.5, 0.6) is 0 Å². The Kier molecular flexibility index (Phi) is 5.64. The quantitative estimate of drug-likeness (QED) is 0.553. The van der Waals surface area contributed by atoms with Crippen LogP contribution in [0, 0.1) is 5.92 Å². The Morgan fingerprint density at radius 1 is 1.08 bits per heavy atom. The van der Waals surface area contributed by atoms with Gasteiger partial charge in [0, 0.05) is 0 Å². The van der Waals surface area contributed by atoms with Crippen molar-refractivity contribution in [1.82, 2.24) is 0 Å². The monoisotopic (exact) mass is 361 g/mol. The zero-order chi connectivity index (χ0) is 18.9. The van der Waals surface area contributed by atoms with Gasteiger partial charge in [-0.2, -0.15) is 0 Å². The van der Waals surface area contributed by atoms with E-state index in [9.17, 15) is 4.79 Å². The Morgan fingerprint density at radius 3 is 2.27 bits per heavy atom. The van der Waals surface area contributed by atoms with Crippen LogP contribution >= 0.6 is 0 Å². The standard InChI is InChI=1S/C20H32BNO4/c1-19(2)20(3,4)26-21(25-19)15-13-17(18(23)24-5)22-16-12-10-8-6-7-9-11-14(15)16/h13-14,16H,6-12H2,1-5H3.